The largest absolute Gasteiger partial charge is 0.497 e. The number of carbonyl (C=O) groups excluding carboxylic acids is 1. The van der Waals surface area contributed by atoms with Crippen LogP contribution in [0.5, 0.6) is 5.75 Å². The first-order valence-corrected chi connectivity index (χ1v) is 7.67. The number of nitrogens with one attached hydrogen (secondary N) is 1. The highest BCUT2D eigenvalue weighted by atomic mass is 16.5. The molecule has 0 aromatic heterocycles. The Hall–Kier alpha value is -2.29. The summed E-state index contributed by atoms with van der Waals surface area (Å²) in [6, 6.07) is 17.9. The number of amides is 1. The third-order valence-electron chi connectivity index (χ3n) is 3.83. The third-order valence-corrected chi connectivity index (χ3v) is 3.83. The fourth-order valence-electron chi connectivity index (χ4n) is 2.45. The van der Waals surface area contributed by atoms with E-state index in [1.54, 1.807) is 7.11 Å². The van der Waals surface area contributed by atoms with Gasteiger partial charge in [-0.05, 0) is 29.7 Å². The molecule has 1 unspecified atom stereocenters. The van der Waals surface area contributed by atoms with E-state index >= 15 is 0 Å². The van der Waals surface area contributed by atoms with Gasteiger partial charge in [-0.3, -0.25) is 4.79 Å². The maximum absolute atomic E-state index is 12.1. The number of rotatable bonds is 7. The van der Waals surface area contributed by atoms with Gasteiger partial charge in [0, 0.05) is 12.5 Å². The lowest BCUT2D eigenvalue weighted by atomic mass is 9.96. The summed E-state index contributed by atoms with van der Waals surface area (Å²) in [5.41, 5.74) is 2.26. The average molecular weight is 297 g/mol. The first-order valence-electron chi connectivity index (χ1n) is 7.67. The van der Waals surface area contributed by atoms with Crippen molar-refractivity contribution in [1.29, 1.82) is 0 Å². The lowest BCUT2D eigenvalue weighted by molar-refractivity contribution is -0.120. The zero-order valence-electron chi connectivity index (χ0n) is 13.2. The van der Waals surface area contributed by atoms with Gasteiger partial charge in [0.2, 0.25) is 5.91 Å². The lowest BCUT2D eigenvalue weighted by Crippen LogP contribution is -2.29. The van der Waals surface area contributed by atoms with Crippen molar-refractivity contribution < 1.29 is 9.53 Å². The minimum atomic E-state index is 0.0551. The third kappa shape index (κ3) is 4.62. The number of hydrogen-bond acceptors (Lipinski definition) is 2. The van der Waals surface area contributed by atoms with Crippen LogP contribution >= 0.6 is 0 Å². The fraction of sp³-hybridized carbons (Fsp3) is 0.316. The normalized spacial score (nSPS) is 11.7. The summed E-state index contributed by atoms with van der Waals surface area (Å²) in [6.07, 6.45) is 1.40. The van der Waals surface area contributed by atoms with Crippen LogP contribution in [0.25, 0.3) is 0 Å². The van der Waals surface area contributed by atoms with E-state index in [2.05, 4.69) is 24.4 Å². The van der Waals surface area contributed by atoms with E-state index < -0.39 is 0 Å². The topological polar surface area (TPSA) is 38.3 Å². The summed E-state index contributed by atoms with van der Waals surface area (Å²) in [7, 11) is 1.64. The Bertz CT molecular complexity index is 578. The van der Waals surface area contributed by atoms with Gasteiger partial charge in [0.15, 0.2) is 0 Å². The van der Waals surface area contributed by atoms with Crippen molar-refractivity contribution in [3.63, 3.8) is 0 Å². The minimum absolute atomic E-state index is 0.0551. The number of methoxy groups -OCH3 is 1. The summed E-state index contributed by atoms with van der Waals surface area (Å²) in [5.74, 6) is 1.22. The molecule has 1 N–H and O–H groups in total. The minimum Gasteiger partial charge on any atom is -0.497 e. The Morgan fingerprint density at radius 2 is 1.77 bits per heavy atom. The zero-order valence-corrected chi connectivity index (χ0v) is 13.2. The van der Waals surface area contributed by atoms with Crippen molar-refractivity contribution >= 4 is 5.91 Å². The van der Waals surface area contributed by atoms with E-state index in [0.717, 1.165) is 17.7 Å². The van der Waals surface area contributed by atoms with Crippen LogP contribution in [0.1, 0.15) is 30.4 Å². The number of benzene rings is 2. The predicted octanol–water partition coefficient (Wildman–Crippen LogP) is 3.55. The van der Waals surface area contributed by atoms with Gasteiger partial charge in [0.1, 0.15) is 5.75 Å². The first kappa shape index (κ1) is 16.1. The molecule has 0 radical (unpaired) electrons. The molecule has 2 rings (SSSR count). The van der Waals surface area contributed by atoms with E-state index in [4.69, 9.17) is 4.74 Å². The molecule has 0 heterocycles. The van der Waals surface area contributed by atoms with Crippen molar-refractivity contribution in [2.45, 2.75) is 25.7 Å². The SMILES string of the molecule is CCC(CNC(=O)Cc1ccc(OC)cc1)c1ccccc1. The predicted molar refractivity (Wildman–Crippen MR) is 89.2 cm³/mol. The molecule has 0 aliphatic rings. The second-order valence-electron chi connectivity index (χ2n) is 5.34. The van der Waals surface area contributed by atoms with Gasteiger partial charge in [0.25, 0.3) is 0 Å². The van der Waals surface area contributed by atoms with Crippen molar-refractivity contribution in [2.75, 3.05) is 13.7 Å². The molecular formula is C19H23NO2. The van der Waals surface area contributed by atoms with Crippen LogP contribution in [0, 0.1) is 0 Å². The van der Waals surface area contributed by atoms with E-state index in [-0.39, 0.29) is 5.91 Å². The fourth-order valence-corrected chi connectivity index (χ4v) is 2.45. The summed E-state index contributed by atoms with van der Waals surface area (Å²) in [6.45, 7) is 2.82. The van der Waals surface area contributed by atoms with Crippen LogP contribution in [-0.4, -0.2) is 19.6 Å². The molecule has 0 spiro atoms. The molecule has 116 valence electrons. The average Bonchev–Trinajstić information content (AvgIpc) is 2.57. The molecule has 2 aromatic carbocycles. The quantitative estimate of drug-likeness (QED) is 0.849. The molecule has 22 heavy (non-hydrogen) atoms. The smallest absolute Gasteiger partial charge is 0.224 e. The zero-order chi connectivity index (χ0) is 15.8. The van der Waals surface area contributed by atoms with Crippen molar-refractivity contribution in [2.24, 2.45) is 0 Å². The van der Waals surface area contributed by atoms with Crippen LogP contribution in [0.2, 0.25) is 0 Å². The van der Waals surface area contributed by atoms with E-state index in [0.29, 0.717) is 18.9 Å². The van der Waals surface area contributed by atoms with Crippen molar-refractivity contribution in [3.05, 3.63) is 65.7 Å². The Kier molecular flexibility index (Phi) is 6.01. The monoisotopic (exact) mass is 297 g/mol. The molecule has 3 heteroatoms. The first-order chi connectivity index (χ1) is 10.7. The maximum atomic E-state index is 12.1. The van der Waals surface area contributed by atoms with E-state index in [1.165, 1.54) is 5.56 Å². The summed E-state index contributed by atoms with van der Waals surface area (Å²) in [4.78, 5) is 12.1. The summed E-state index contributed by atoms with van der Waals surface area (Å²) in [5, 5.41) is 3.04. The standard InChI is InChI=1S/C19H23NO2/c1-3-16(17-7-5-4-6-8-17)14-20-19(21)13-15-9-11-18(22-2)12-10-15/h4-12,16H,3,13-14H2,1-2H3,(H,20,21). The second kappa shape index (κ2) is 8.23. The molecule has 0 saturated carbocycles. The van der Waals surface area contributed by atoms with Crippen LogP contribution < -0.4 is 10.1 Å². The Morgan fingerprint density at radius 3 is 2.36 bits per heavy atom. The Morgan fingerprint density at radius 1 is 1.09 bits per heavy atom. The summed E-state index contributed by atoms with van der Waals surface area (Å²) < 4.78 is 5.12. The van der Waals surface area contributed by atoms with Crippen molar-refractivity contribution in [1.82, 2.24) is 5.32 Å². The second-order valence-corrected chi connectivity index (χ2v) is 5.34. The molecule has 1 atom stereocenters. The molecule has 0 bridgehead atoms. The maximum Gasteiger partial charge on any atom is 0.224 e. The highest BCUT2D eigenvalue weighted by molar-refractivity contribution is 5.78. The number of ether oxygens (including phenoxy) is 1. The van der Waals surface area contributed by atoms with Gasteiger partial charge < -0.3 is 10.1 Å². The van der Waals surface area contributed by atoms with E-state index in [1.807, 2.05) is 42.5 Å². The number of carbonyl (C=O) groups is 1. The number of hydrogen-bond donors (Lipinski definition) is 1. The molecule has 0 saturated heterocycles. The molecular weight excluding hydrogens is 274 g/mol. The van der Waals surface area contributed by atoms with Crippen LogP contribution in [0.4, 0.5) is 0 Å². The highest BCUT2D eigenvalue weighted by Crippen LogP contribution is 2.18. The highest BCUT2D eigenvalue weighted by Gasteiger charge is 2.11. The van der Waals surface area contributed by atoms with Gasteiger partial charge >= 0.3 is 0 Å². The Labute approximate surface area is 132 Å². The lowest BCUT2D eigenvalue weighted by Gasteiger charge is -2.16. The molecule has 1 amide bonds. The summed E-state index contributed by atoms with van der Waals surface area (Å²) >= 11 is 0. The molecule has 0 aliphatic heterocycles. The molecule has 0 aliphatic carbocycles. The van der Waals surface area contributed by atoms with Gasteiger partial charge in [0.05, 0.1) is 13.5 Å². The van der Waals surface area contributed by atoms with Gasteiger partial charge in [-0.25, -0.2) is 0 Å². The van der Waals surface area contributed by atoms with E-state index in [9.17, 15) is 4.79 Å². The van der Waals surface area contributed by atoms with Crippen molar-refractivity contribution in [3.8, 4) is 5.75 Å². The van der Waals surface area contributed by atoms with Crippen LogP contribution in [-0.2, 0) is 11.2 Å². The van der Waals surface area contributed by atoms with Gasteiger partial charge in [-0.1, -0.05) is 49.4 Å². The van der Waals surface area contributed by atoms with Crippen LogP contribution in [0.15, 0.2) is 54.6 Å². The molecule has 2 aromatic rings. The van der Waals surface area contributed by atoms with Crippen LogP contribution in [0.3, 0.4) is 0 Å². The molecule has 0 fully saturated rings. The Balaban J connectivity index is 1.86. The van der Waals surface area contributed by atoms with Gasteiger partial charge in [-0.2, -0.15) is 0 Å². The molecule has 3 nitrogen and oxygen atoms in total. The van der Waals surface area contributed by atoms with Gasteiger partial charge in [-0.15, -0.1) is 0 Å².